The molecule has 0 unspecified atom stereocenters. The van der Waals surface area contributed by atoms with Crippen molar-refractivity contribution in [3.8, 4) is 5.75 Å². The first-order valence-corrected chi connectivity index (χ1v) is 10.8. The van der Waals surface area contributed by atoms with Gasteiger partial charge in [-0.3, -0.25) is 4.98 Å². The average molecular weight is 402 g/mol. The van der Waals surface area contributed by atoms with Gasteiger partial charge in [-0.2, -0.15) is 0 Å². The summed E-state index contributed by atoms with van der Waals surface area (Å²) in [4.78, 5) is 18.8. The minimum atomic E-state index is 0.0573. The average Bonchev–Trinajstić information content (AvgIpc) is 3.54. The number of piperidine rings is 1. The number of pyridine rings is 1. The maximum Gasteiger partial charge on any atom is 0.317 e. The number of nitrogens with zero attached hydrogens (tertiary/aromatic N) is 2. The summed E-state index contributed by atoms with van der Waals surface area (Å²) in [5, 5.41) is 5.75. The van der Waals surface area contributed by atoms with E-state index in [0.717, 1.165) is 43.7 Å². The number of aryl methyl sites for hydroxylation is 1. The van der Waals surface area contributed by atoms with Crippen molar-refractivity contribution in [3.05, 3.63) is 72.1 Å². The van der Waals surface area contributed by atoms with E-state index in [4.69, 9.17) is 4.74 Å². The third kappa shape index (κ3) is 3.97. The van der Waals surface area contributed by atoms with E-state index >= 15 is 0 Å². The number of ether oxygens (including phenoxy) is 1. The van der Waals surface area contributed by atoms with Crippen LogP contribution >= 0.6 is 0 Å². The Hall–Kier alpha value is -3.08. The molecule has 5 heteroatoms. The van der Waals surface area contributed by atoms with Gasteiger partial charge in [-0.05, 0) is 35.7 Å². The van der Waals surface area contributed by atoms with Crippen LogP contribution in [-0.4, -0.2) is 41.2 Å². The molecule has 1 N–H and O–H groups in total. The monoisotopic (exact) mass is 401 g/mol. The van der Waals surface area contributed by atoms with Crippen LogP contribution in [0.15, 0.2) is 60.9 Å². The number of rotatable bonds is 4. The number of aromatic nitrogens is 1. The molecule has 0 spiro atoms. The van der Waals surface area contributed by atoms with Gasteiger partial charge >= 0.3 is 6.03 Å². The zero-order chi connectivity index (χ0) is 20.5. The lowest BCUT2D eigenvalue weighted by Crippen LogP contribution is -2.47. The second kappa shape index (κ2) is 7.98. The topological polar surface area (TPSA) is 54.5 Å². The predicted octanol–water partition coefficient (Wildman–Crippen LogP) is 4.65. The number of likely N-dealkylation sites (tertiary alicyclic amines) is 1. The number of benzene rings is 2. The van der Waals surface area contributed by atoms with Gasteiger partial charge in [-0.25, -0.2) is 4.79 Å². The maximum absolute atomic E-state index is 12.7. The van der Waals surface area contributed by atoms with Crippen LogP contribution < -0.4 is 10.1 Å². The summed E-state index contributed by atoms with van der Waals surface area (Å²) in [7, 11) is 0. The van der Waals surface area contributed by atoms with Crippen LogP contribution in [0.1, 0.15) is 36.3 Å². The Morgan fingerprint density at radius 2 is 1.90 bits per heavy atom. The lowest BCUT2D eigenvalue weighted by atomic mass is 10.0. The number of amides is 2. The van der Waals surface area contributed by atoms with Crippen molar-refractivity contribution in [2.45, 2.75) is 44.2 Å². The Kier molecular flexibility index (Phi) is 5.03. The second-order valence-electron chi connectivity index (χ2n) is 8.45. The summed E-state index contributed by atoms with van der Waals surface area (Å²) in [6.07, 6.45) is 6.46. The molecule has 2 fully saturated rings. The third-order valence-electron chi connectivity index (χ3n) is 6.29. The molecular weight excluding hydrogens is 374 g/mol. The Bertz CT molecular complexity index is 1060. The van der Waals surface area contributed by atoms with Crippen molar-refractivity contribution >= 4 is 16.8 Å². The molecule has 0 bridgehead atoms. The number of urea groups is 1. The Balaban J connectivity index is 1.12. The molecule has 1 saturated carbocycles. The van der Waals surface area contributed by atoms with Crippen LogP contribution in [0.3, 0.4) is 0 Å². The third-order valence-corrected chi connectivity index (χ3v) is 6.29. The van der Waals surface area contributed by atoms with Crippen LogP contribution in [0.2, 0.25) is 0 Å². The summed E-state index contributed by atoms with van der Waals surface area (Å²) in [6, 6.07) is 17.3. The summed E-state index contributed by atoms with van der Waals surface area (Å²) in [5.74, 6) is 1.32. The molecule has 5 rings (SSSR count). The van der Waals surface area contributed by atoms with Crippen molar-refractivity contribution in [1.29, 1.82) is 0 Å². The quantitative estimate of drug-likeness (QED) is 0.692. The van der Waals surface area contributed by atoms with E-state index in [1.165, 1.54) is 16.3 Å². The molecule has 1 aliphatic heterocycles. The van der Waals surface area contributed by atoms with E-state index < -0.39 is 0 Å². The first-order valence-electron chi connectivity index (χ1n) is 10.8. The number of hydrogen-bond acceptors (Lipinski definition) is 3. The highest BCUT2D eigenvalue weighted by atomic mass is 16.5. The molecule has 2 aliphatic rings. The van der Waals surface area contributed by atoms with E-state index in [9.17, 15) is 4.79 Å². The zero-order valence-electron chi connectivity index (χ0n) is 17.3. The molecule has 2 amide bonds. The lowest BCUT2D eigenvalue weighted by molar-refractivity contribution is 0.110. The molecule has 5 nitrogen and oxygen atoms in total. The molecule has 2 aromatic carbocycles. The van der Waals surface area contributed by atoms with Gasteiger partial charge in [0, 0.05) is 55.8 Å². The lowest BCUT2D eigenvalue weighted by Gasteiger charge is -2.32. The van der Waals surface area contributed by atoms with Crippen molar-refractivity contribution in [3.63, 3.8) is 0 Å². The number of carbonyl (C=O) groups is 1. The van der Waals surface area contributed by atoms with Gasteiger partial charge in [0.25, 0.3) is 0 Å². The van der Waals surface area contributed by atoms with Gasteiger partial charge in [0.2, 0.25) is 0 Å². The van der Waals surface area contributed by atoms with E-state index in [1.807, 2.05) is 24.1 Å². The molecule has 1 saturated heterocycles. The fourth-order valence-corrected chi connectivity index (χ4v) is 4.36. The van der Waals surface area contributed by atoms with Gasteiger partial charge < -0.3 is 15.0 Å². The van der Waals surface area contributed by atoms with Gasteiger partial charge in [-0.15, -0.1) is 0 Å². The van der Waals surface area contributed by atoms with Gasteiger partial charge in [0.1, 0.15) is 11.9 Å². The molecule has 1 aliphatic carbocycles. The predicted molar refractivity (Wildman–Crippen MR) is 118 cm³/mol. The first-order chi connectivity index (χ1) is 14.7. The van der Waals surface area contributed by atoms with Gasteiger partial charge in [0.05, 0.1) is 0 Å². The number of hydrogen-bond donors (Lipinski definition) is 1. The number of nitrogens with one attached hydrogen (secondary N) is 1. The van der Waals surface area contributed by atoms with E-state index in [2.05, 4.69) is 52.8 Å². The normalized spacial score (nSPS) is 21.4. The van der Waals surface area contributed by atoms with Crippen LogP contribution in [0.5, 0.6) is 5.75 Å². The maximum atomic E-state index is 12.7. The Labute approximate surface area is 177 Å². The van der Waals surface area contributed by atoms with Crippen LogP contribution in [0, 0.1) is 6.92 Å². The van der Waals surface area contributed by atoms with Crippen LogP contribution in [0.25, 0.3) is 10.8 Å². The van der Waals surface area contributed by atoms with Crippen LogP contribution in [0.4, 0.5) is 4.79 Å². The van der Waals surface area contributed by atoms with Crippen molar-refractivity contribution in [2.75, 3.05) is 13.1 Å². The van der Waals surface area contributed by atoms with Crippen LogP contribution in [-0.2, 0) is 0 Å². The second-order valence-corrected chi connectivity index (χ2v) is 8.45. The minimum Gasteiger partial charge on any atom is -0.490 e. The largest absolute Gasteiger partial charge is 0.490 e. The zero-order valence-corrected chi connectivity index (χ0v) is 17.3. The fraction of sp³-hybridized carbons (Fsp3) is 0.360. The van der Waals surface area contributed by atoms with E-state index in [1.54, 1.807) is 6.20 Å². The fourth-order valence-electron chi connectivity index (χ4n) is 4.36. The molecule has 154 valence electrons. The summed E-state index contributed by atoms with van der Waals surface area (Å²) in [6.45, 7) is 3.47. The Morgan fingerprint density at radius 3 is 2.70 bits per heavy atom. The minimum absolute atomic E-state index is 0.0573. The highest BCUT2D eigenvalue weighted by Crippen LogP contribution is 2.41. The van der Waals surface area contributed by atoms with E-state index in [-0.39, 0.29) is 18.2 Å². The molecule has 0 radical (unpaired) electrons. The molecule has 30 heavy (non-hydrogen) atoms. The molecular formula is C25H27N3O2. The smallest absolute Gasteiger partial charge is 0.317 e. The summed E-state index contributed by atoms with van der Waals surface area (Å²) < 4.78 is 6.12. The first kappa shape index (κ1) is 18.9. The highest BCUT2D eigenvalue weighted by Gasteiger charge is 2.40. The molecule has 2 atom stereocenters. The number of carbonyl (C=O) groups excluding carboxylic acids is 1. The van der Waals surface area contributed by atoms with Crippen molar-refractivity contribution < 1.29 is 9.53 Å². The van der Waals surface area contributed by atoms with Crippen molar-refractivity contribution in [2.24, 2.45) is 0 Å². The summed E-state index contributed by atoms with van der Waals surface area (Å²) in [5.41, 5.74) is 2.37. The molecule has 3 aromatic rings. The standard InChI is InChI=1S/C25H27N3O2/c1-17-16-26-11-8-24(17)30-21-9-12-28(13-10-21)25(29)27-23-15-22(23)20-7-6-18-4-2-3-5-19(18)14-20/h2-8,11,14,16,21-23H,9-10,12-13,15H2,1H3,(H,27,29)/t22-,23+/m0/s1. The van der Waals surface area contributed by atoms with Crippen molar-refractivity contribution in [1.82, 2.24) is 15.2 Å². The SMILES string of the molecule is Cc1cnccc1OC1CCN(C(=O)N[C@@H]2C[C@H]2c2ccc3ccccc3c2)CC1. The highest BCUT2D eigenvalue weighted by molar-refractivity contribution is 5.83. The van der Waals surface area contributed by atoms with E-state index in [0.29, 0.717) is 5.92 Å². The Morgan fingerprint density at radius 1 is 1.10 bits per heavy atom. The molecule has 1 aromatic heterocycles. The number of fused-ring (bicyclic) bond motifs is 1. The van der Waals surface area contributed by atoms with Gasteiger partial charge in [0.15, 0.2) is 0 Å². The van der Waals surface area contributed by atoms with Gasteiger partial charge in [-0.1, -0.05) is 42.5 Å². The molecule has 2 heterocycles. The summed E-state index contributed by atoms with van der Waals surface area (Å²) >= 11 is 0.